The van der Waals surface area contributed by atoms with E-state index >= 15 is 0 Å². The fourth-order valence-electron chi connectivity index (χ4n) is 2.37. The van der Waals surface area contributed by atoms with Crippen molar-refractivity contribution in [1.82, 2.24) is 0 Å². The Hall–Kier alpha value is -4.60. The summed E-state index contributed by atoms with van der Waals surface area (Å²) in [4.78, 5) is 32.5. The highest BCUT2D eigenvalue weighted by molar-refractivity contribution is 5.91. The van der Waals surface area contributed by atoms with E-state index in [1.54, 1.807) is 24.3 Å². The Balaban J connectivity index is 1.58. The van der Waals surface area contributed by atoms with Crippen molar-refractivity contribution in [2.45, 2.75) is 0 Å². The predicted octanol–water partition coefficient (Wildman–Crippen LogP) is 4.17. The van der Waals surface area contributed by atoms with Gasteiger partial charge in [-0.1, -0.05) is 6.07 Å². The van der Waals surface area contributed by atoms with Gasteiger partial charge in [-0.15, -0.1) is 0 Å². The van der Waals surface area contributed by atoms with Crippen molar-refractivity contribution < 1.29 is 19.4 Å². The van der Waals surface area contributed by atoms with Crippen LogP contribution in [-0.4, -0.2) is 22.0 Å². The van der Waals surface area contributed by atoms with Gasteiger partial charge in [0.2, 0.25) is 0 Å². The fraction of sp³-hybridized carbons (Fsp3) is 0. The molecule has 0 bridgehead atoms. The highest BCUT2D eigenvalue weighted by Crippen LogP contribution is 2.18. The number of nitro groups is 2. The van der Waals surface area contributed by atoms with Gasteiger partial charge in [0, 0.05) is 24.3 Å². The molecule has 0 aliphatic heterocycles. The molecule has 10 nitrogen and oxygen atoms in total. The maximum Gasteiger partial charge on any atom is 0.343 e. The van der Waals surface area contributed by atoms with Crippen LogP contribution in [-0.2, 0) is 0 Å². The quantitative estimate of drug-likeness (QED) is 0.204. The van der Waals surface area contributed by atoms with Crippen molar-refractivity contribution in [1.29, 1.82) is 0 Å². The number of rotatable bonds is 7. The number of nitro benzene ring substituents is 2. The number of nitrogens with zero attached hydrogens (tertiary/aromatic N) is 3. The molecule has 0 aliphatic rings. The van der Waals surface area contributed by atoms with E-state index in [4.69, 9.17) is 4.74 Å². The molecule has 0 saturated carbocycles. The third-order valence-corrected chi connectivity index (χ3v) is 3.87. The van der Waals surface area contributed by atoms with Crippen molar-refractivity contribution in [3.8, 4) is 5.75 Å². The van der Waals surface area contributed by atoms with Gasteiger partial charge in [0.25, 0.3) is 11.4 Å². The number of carbonyl (C=O) groups is 1. The minimum absolute atomic E-state index is 0.0141. The van der Waals surface area contributed by atoms with Crippen LogP contribution in [0.15, 0.2) is 77.9 Å². The molecule has 0 atom stereocenters. The zero-order valence-electron chi connectivity index (χ0n) is 15.3. The number of hydrogen-bond acceptors (Lipinski definition) is 8. The Morgan fingerprint density at radius 2 is 1.57 bits per heavy atom. The number of hydrogen-bond donors (Lipinski definition) is 1. The van der Waals surface area contributed by atoms with Crippen LogP contribution in [0.25, 0.3) is 0 Å². The number of hydrazone groups is 1. The summed E-state index contributed by atoms with van der Waals surface area (Å²) in [6, 6.07) is 17.5. The lowest BCUT2D eigenvalue weighted by atomic mass is 10.2. The molecule has 0 radical (unpaired) electrons. The third kappa shape index (κ3) is 5.23. The van der Waals surface area contributed by atoms with Crippen LogP contribution >= 0.6 is 0 Å². The summed E-state index contributed by atoms with van der Waals surface area (Å²) < 4.78 is 5.22. The van der Waals surface area contributed by atoms with Crippen molar-refractivity contribution in [3.63, 3.8) is 0 Å². The molecule has 0 aliphatic carbocycles. The minimum atomic E-state index is -0.708. The number of esters is 1. The Bertz CT molecular complexity index is 1110. The molecule has 0 saturated heterocycles. The predicted molar refractivity (Wildman–Crippen MR) is 109 cm³/mol. The Morgan fingerprint density at radius 1 is 0.900 bits per heavy atom. The molecule has 0 fully saturated rings. The van der Waals surface area contributed by atoms with E-state index in [1.807, 2.05) is 0 Å². The number of ether oxygens (including phenoxy) is 1. The lowest BCUT2D eigenvalue weighted by molar-refractivity contribution is -0.385. The van der Waals surface area contributed by atoms with Crippen LogP contribution in [0.1, 0.15) is 15.9 Å². The standard InChI is InChI=1S/C20H14N4O6/c25-20(15-2-1-3-18(12-15)24(28)29)30-19-10-4-14(5-11-19)13-21-22-16-6-8-17(9-7-16)23(26)27/h1-13,22H/b21-13-. The summed E-state index contributed by atoms with van der Waals surface area (Å²) in [6.07, 6.45) is 1.52. The number of non-ortho nitro benzene ring substituents is 2. The molecule has 3 aromatic rings. The van der Waals surface area contributed by atoms with Gasteiger partial charge >= 0.3 is 5.97 Å². The number of carbonyl (C=O) groups excluding carboxylic acids is 1. The number of nitrogens with one attached hydrogen (secondary N) is 1. The maximum atomic E-state index is 12.1. The first-order valence-corrected chi connectivity index (χ1v) is 8.52. The van der Waals surface area contributed by atoms with Crippen LogP contribution in [0.5, 0.6) is 5.75 Å². The summed E-state index contributed by atoms with van der Waals surface area (Å²) >= 11 is 0. The summed E-state index contributed by atoms with van der Waals surface area (Å²) in [5, 5.41) is 25.5. The first-order valence-electron chi connectivity index (χ1n) is 8.52. The molecule has 3 aromatic carbocycles. The summed E-state index contributed by atoms with van der Waals surface area (Å²) in [7, 11) is 0. The number of anilines is 1. The minimum Gasteiger partial charge on any atom is -0.423 e. The topological polar surface area (TPSA) is 137 Å². The molecular formula is C20H14N4O6. The van der Waals surface area contributed by atoms with E-state index in [-0.39, 0.29) is 22.7 Å². The van der Waals surface area contributed by atoms with Gasteiger partial charge in [-0.25, -0.2) is 4.79 Å². The van der Waals surface area contributed by atoms with Crippen LogP contribution in [0.2, 0.25) is 0 Å². The third-order valence-electron chi connectivity index (χ3n) is 3.87. The maximum absolute atomic E-state index is 12.1. The molecule has 0 unspecified atom stereocenters. The molecule has 0 amide bonds. The zero-order chi connectivity index (χ0) is 21.5. The normalized spacial score (nSPS) is 10.5. The highest BCUT2D eigenvalue weighted by atomic mass is 16.6. The number of benzene rings is 3. The Kier molecular flexibility index (Phi) is 6.08. The smallest absolute Gasteiger partial charge is 0.343 e. The first kappa shape index (κ1) is 20.1. The highest BCUT2D eigenvalue weighted by Gasteiger charge is 2.13. The summed E-state index contributed by atoms with van der Waals surface area (Å²) in [5.41, 5.74) is 3.90. The van der Waals surface area contributed by atoms with Gasteiger partial charge in [0.1, 0.15) is 5.75 Å². The Morgan fingerprint density at radius 3 is 2.20 bits per heavy atom. The van der Waals surface area contributed by atoms with E-state index < -0.39 is 15.8 Å². The molecule has 10 heteroatoms. The van der Waals surface area contributed by atoms with Gasteiger partial charge in [-0.3, -0.25) is 25.7 Å². The molecule has 0 aromatic heterocycles. The van der Waals surface area contributed by atoms with Gasteiger partial charge in [-0.2, -0.15) is 5.10 Å². The average Bonchev–Trinajstić information content (AvgIpc) is 2.75. The fourth-order valence-corrected chi connectivity index (χ4v) is 2.37. The first-order chi connectivity index (χ1) is 14.4. The average molecular weight is 406 g/mol. The van der Waals surface area contributed by atoms with Crippen molar-refractivity contribution in [2.75, 3.05) is 5.43 Å². The van der Waals surface area contributed by atoms with Gasteiger partial charge in [0.15, 0.2) is 0 Å². The van der Waals surface area contributed by atoms with Crippen molar-refractivity contribution in [2.24, 2.45) is 5.10 Å². The largest absolute Gasteiger partial charge is 0.423 e. The molecule has 30 heavy (non-hydrogen) atoms. The van der Waals surface area contributed by atoms with Gasteiger partial charge < -0.3 is 4.74 Å². The van der Waals surface area contributed by atoms with E-state index in [0.29, 0.717) is 11.3 Å². The van der Waals surface area contributed by atoms with Crippen molar-refractivity contribution >= 4 is 29.2 Å². The van der Waals surface area contributed by atoms with E-state index in [0.717, 1.165) is 6.07 Å². The van der Waals surface area contributed by atoms with Crippen molar-refractivity contribution in [3.05, 3.63) is 104 Å². The second-order valence-corrected chi connectivity index (χ2v) is 5.94. The van der Waals surface area contributed by atoms with Crippen LogP contribution in [0.3, 0.4) is 0 Å². The zero-order valence-corrected chi connectivity index (χ0v) is 15.3. The van der Waals surface area contributed by atoms with Crippen LogP contribution < -0.4 is 10.2 Å². The lowest BCUT2D eigenvalue weighted by Gasteiger charge is -2.05. The van der Waals surface area contributed by atoms with Crippen LogP contribution in [0, 0.1) is 20.2 Å². The molecule has 150 valence electrons. The van der Waals surface area contributed by atoms with Gasteiger partial charge in [0.05, 0.1) is 27.3 Å². The summed E-state index contributed by atoms with van der Waals surface area (Å²) in [6.45, 7) is 0. The molecule has 0 spiro atoms. The van der Waals surface area contributed by atoms with E-state index in [1.165, 1.54) is 48.7 Å². The second-order valence-electron chi connectivity index (χ2n) is 5.94. The van der Waals surface area contributed by atoms with Crippen LogP contribution in [0.4, 0.5) is 17.1 Å². The lowest BCUT2D eigenvalue weighted by Crippen LogP contribution is -2.08. The molecule has 0 heterocycles. The molecule has 1 N–H and O–H groups in total. The Labute approximate surface area is 169 Å². The van der Waals surface area contributed by atoms with E-state index in [9.17, 15) is 25.0 Å². The monoisotopic (exact) mass is 406 g/mol. The second kappa shape index (κ2) is 9.06. The SMILES string of the molecule is O=C(Oc1ccc(/C=N\Nc2ccc([N+](=O)[O-])cc2)cc1)c1cccc([N+](=O)[O-])c1. The van der Waals surface area contributed by atoms with E-state index in [2.05, 4.69) is 10.5 Å². The molecule has 3 rings (SSSR count). The summed E-state index contributed by atoms with van der Waals surface area (Å²) in [5.74, 6) is -0.438. The molecular weight excluding hydrogens is 392 g/mol. The van der Waals surface area contributed by atoms with Gasteiger partial charge in [-0.05, 0) is 48.0 Å².